The minimum atomic E-state index is -0.322. The predicted octanol–water partition coefficient (Wildman–Crippen LogP) is 7.13. The van der Waals surface area contributed by atoms with Gasteiger partial charge in [0.05, 0.1) is 21.3 Å². The Hall–Kier alpha value is -4.71. The third-order valence-corrected chi connectivity index (χ3v) is 5.50. The van der Waals surface area contributed by atoms with Crippen molar-refractivity contribution in [3.8, 4) is 17.2 Å². The van der Waals surface area contributed by atoms with Gasteiger partial charge in [-0.1, -0.05) is 72.8 Å². The molecule has 0 heterocycles. The van der Waals surface area contributed by atoms with Crippen molar-refractivity contribution in [3.63, 3.8) is 0 Å². The monoisotopic (exact) mass is 495 g/mol. The van der Waals surface area contributed by atoms with Crippen molar-refractivity contribution in [1.82, 2.24) is 0 Å². The minimum absolute atomic E-state index is 0.0579. The number of benzene rings is 3. The van der Waals surface area contributed by atoms with Crippen LogP contribution in [0.25, 0.3) is 18.2 Å². The zero-order valence-corrected chi connectivity index (χ0v) is 21.1. The Bertz CT molecular complexity index is 1340. The number of carbonyl (C=O) groups excluding carboxylic acids is 1. The first-order valence-electron chi connectivity index (χ1n) is 11.6. The second kappa shape index (κ2) is 14.0. The maximum atomic E-state index is 13.3. The molecule has 0 aliphatic heterocycles. The summed E-state index contributed by atoms with van der Waals surface area (Å²) in [5, 5.41) is 3.18. The van der Waals surface area contributed by atoms with Crippen LogP contribution in [0.5, 0.6) is 17.2 Å². The summed E-state index contributed by atoms with van der Waals surface area (Å²) in [6.07, 6.45) is 10.3. The number of carbonyl (C=O) groups is 1. The molecule has 0 radical (unpaired) electrons. The molecule has 0 saturated heterocycles. The van der Waals surface area contributed by atoms with Crippen LogP contribution < -0.4 is 14.2 Å². The van der Waals surface area contributed by atoms with E-state index >= 15 is 0 Å². The van der Waals surface area contributed by atoms with E-state index in [1.54, 1.807) is 51.7 Å². The Morgan fingerprint density at radius 3 is 2.14 bits per heavy atom. The van der Waals surface area contributed by atoms with Crippen molar-refractivity contribution in [2.75, 3.05) is 21.3 Å². The van der Waals surface area contributed by atoms with E-state index in [0.717, 1.165) is 16.7 Å². The first-order chi connectivity index (χ1) is 18.1. The SMILES string of the molecule is COc1cccc(/C=C/C(N=O)=C(\C/C=C/c2ccccc2)C(=O)/C=C/c2ccc(OC)c(OC)c2)c1. The Morgan fingerprint density at radius 2 is 1.43 bits per heavy atom. The zero-order valence-electron chi connectivity index (χ0n) is 21.1. The zero-order chi connectivity index (χ0) is 26.5. The van der Waals surface area contributed by atoms with Gasteiger partial charge in [-0.3, -0.25) is 4.79 Å². The summed E-state index contributed by atoms with van der Waals surface area (Å²) in [5.41, 5.74) is 2.88. The van der Waals surface area contributed by atoms with Gasteiger partial charge in [0.15, 0.2) is 17.3 Å². The molecule has 188 valence electrons. The van der Waals surface area contributed by atoms with E-state index in [1.165, 1.54) is 6.08 Å². The number of hydrogen-bond acceptors (Lipinski definition) is 6. The van der Waals surface area contributed by atoms with Crippen LogP contribution in [0.2, 0.25) is 0 Å². The number of ether oxygens (including phenoxy) is 3. The van der Waals surface area contributed by atoms with Gasteiger partial charge in [0.1, 0.15) is 11.4 Å². The fourth-order valence-electron chi connectivity index (χ4n) is 3.54. The van der Waals surface area contributed by atoms with Gasteiger partial charge in [-0.2, -0.15) is 0 Å². The molecule has 0 saturated carbocycles. The van der Waals surface area contributed by atoms with Crippen molar-refractivity contribution in [1.29, 1.82) is 0 Å². The molecule has 0 aliphatic rings. The molecule has 37 heavy (non-hydrogen) atoms. The molecule has 0 aromatic heterocycles. The van der Waals surface area contributed by atoms with Crippen molar-refractivity contribution in [2.24, 2.45) is 5.18 Å². The molecule has 3 rings (SSSR count). The quantitative estimate of drug-likeness (QED) is 0.152. The Morgan fingerprint density at radius 1 is 0.730 bits per heavy atom. The lowest BCUT2D eigenvalue weighted by molar-refractivity contribution is -0.111. The van der Waals surface area contributed by atoms with Gasteiger partial charge >= 0.3 is 0 Å². The first-order valence-corrected chi connectivity index (χ1v) is 11.6. The molecule has 6 nitrogen and oxygen atoms in total. The molecule has 0 unspecified atom stereocenters. The highest BCUT2D eigenvalue weighted by Gasteiger charge is 2.12. The average Bonchev–Trinajstić information content (AvgIpc) is 2.95. The minimum Gasteiger partial charge on any atom is -0.497 e. The highest BCUT2D eigenvalue weighted by molar-refractivity contribution is 6.07. The van der Waals surface area contributed by atoms with Crippen LogP contribution in [0.15, 0.2) is 107 Å². The molecule has 0 aliphatic carbocycles. The molecule has 3 aromatic rings. The summed E-state index contributed by atoms with van der Waals surface area (Å²) < 4.78 is 15.9. The van der Waals surface area contributed by atoms with Crippen LogP contribution in [0.3, 0.4) is 0 Å². The largest absolute Gasteiger partial charge is 0.497 e. The highest BCUT2D eigenvalue weighted by Crippen LogP contribution is 2.28. The number of ketones is 1. The van der Waals surface area contributed by atoms with Crippen LogP contribution in [0, 0.1) is 4.91 Å². The molecule has 0 fully saturated rings. The van der Waals surface area contributed by atoms with Crippen molar-refractivity contribution in [3.05, 3.63) is 124 Å². The third kappa shape index (κ3) is 7.90. The summed E-state index contributed by atoms with van der Waals surface area (Å²) in [5.74, 6) is 1.51. The van der Waals surface area contributed by atoms with Crippen molar-refractivity contribution < 1.29 is 19.0 Å². The lowest BCUT2D eigenvalue weighted by atomic mass is 10.0. The number of nitrogens with zero attached hydrogens (tertiary/aromatic N) is 1. The van der Waals surface area contributed by atoms with Crippen LogP contribution in [-0.2, 0) is 4.79 Å². The van der Waals surface area contributed by atoms with Gasteiger partial charge in [0.25, 0.3) is 0 Å². The maximum Gasteiger partial charge on any atom is 0.184 e. The van der Waals surface area contributed by atoms with Crippen molar-refractivity contribution in [2.45, 2.75) is 6.42 Å². The first kappa shape index (κ1) is 26.9. The van der Waals surface area contributed by atoms with E-state index in [9.17, 15) is 9.70 Å². The van der Waals surface area contributed by atoms with E-state index in [1.807, 2.05) is 72.8 Å². The smallest absolute Gasteiger partial charge is 0.184 e. The molecular formula is C31H29NO5. The highest BCUT2D eigenvalue weighted by atomic mass is 16.5. The number of hydrogen-bond donors (Lipinski definition) is 0. The Labute approximate surface area is 217 Å². The van der Waals surface area contributed by atoms with Gasteiger partial charge in [-0.15, -0.1) is 4.91 Å². The van der Waals surface area contributed by atoms with E-state index in [4.69, 9.17) is 14.2 Å². The molecule has 0 atom stereocenters. The van der Waals surface area contributed by atoms with Crippen LogP contribution >= 0.6 is 0 Å². The van der Waals surface area contributed by atoms with Crippen molar-refractivity contribution >= 4 is 24.0 Å². The summed E-state index contributed by atoms with van der Waals surface area (Å²) in [6, 6.07) is 22.4. The fraction of sp³-hybridized carbons (Fsp3) is 0.129. The lowest BCUT2D eigenvalue weighted by Crippen LogP contribution is -2.01. The van der Waals surface area contributed by atoms with Gasteiger partial charge < -0.3 is 14.2 Å². The van der Waals surface area contributed by atoms with Gasteiger partial charge in [-0.25, -0.2) is 0 Å². The van der Waals surface area contributed by atoms with E-state index in [0.29, 0.717) is 17.2 Å². The Balaban J connectivity index is 1.93. The van der Waals surface area contributed by atoms with E-state index in [-0.39, 0.29) is 23.5 Å². The molecule has 0 spiro atoms. The summed E-state index contributed by atoms with van der Waals surface area (Å²) in [7, 11) is 4.69. The molecule has 0 N–H and O–H groups in total. The second-order valence-electron chi connectivity index (χ2n) is 7.89. The summed E-state index contributed by atoms with van der Waals surface area (Å²) >= 11 is 0. The van der Waals surface area contributed by atoms with Gasteiger partial charge in [0.2, 0.25) is 0 Å². The topological polar surface area (TPSA) is 74.2 Å². The number of nitroso groups, excluding NO2 is 1. The normalized spacial score (nSPS) is 12.1. The van der Waals surface area contributed by atoms with Crippen LogP contribution in [0.1, 0.15) is 23.1 Å². The number of allylic oxidation sites excluding steroid dienone is 4. The summed E-state index contributed by atoms with van der Waals surface area (Å²) in [4.78, 5) is 25.1. The summed E-state index contributed by atoms with van der Waals surface area (Å²) in [6.45, 7) is 0. The molecule has 3 aromatic carbocycles. The van der Waals surface area contributed by atoms with Crippen LogP contribution in [-0.4, -0.2) is 27.1 Å². The molecule has 0 bridgehead atoms. The van der Waals surface area contributed by atoms with Gasteiger partial charge in [-0.05, 0) is 64.7 Å². The third-order valence-electron chi connectivity index (χ3n) is 5.50. The maximum absolute atomic E-state index is 13.3. The molecular weight excluding hydrogens is 466 g/mol. The fourth-order valence-corrected chi connectivity index (χ4v) is 3.54. The second-order valence-corrected chi connectivity index (χ2v) is 7.89. The van der Waals surface area contributed by atoms with E-state index < -0.39 is 0 Å². The van der Waals surface area contributed by atoms with Gasteiger partial charge in [0, 0.05) is 5.57 Å². The molecule has 6 heteroatoms. The average molecular weight is 496 g/mol. The molecule has 0 amide bonds. The van der Waals surface area contributed by atoms with Crippen LogP contribution in [0.4, 0.5) is 0 Å². The standard InChI is InChI=1S/C31H29NO5/c1-35-26-13-7-12-24(21-26)15-18-28(32-34)27(14-8-11-23-9-5-4-6-10-23)29(33)19-16-25-17-20-30(36-2)31(22-25)37-3/h4-13,15-22H,14H2,1-3H3/b11-8+,18-15+,19-16+,28-27-. The number of rotatable bonds is 12. The Kier molecular flexibility index (Phi) is 10.2. The number of methoxy groups -OCH3 is 3. The van der Waals surface area contributed by atoms with E-state index in [2.05, 4.69) is 5.18 Å². The lowest BCUT2D eigenvalue weighted by Gasteiger charge is -2.07. The predicted molar refractivity (Wildman–Crippen MR) is 149 cm³/mol.